The van der Waals surface area contributed by atoms with Crippen molar-refractivity contribution in [3.8, 4) is 11.4 Å². The van der Waals surface area contributed by atoms with Crippen LogP contribution in [0.4, 0.5) is 10.1 Å². The van der Waals surface area contributed by atoms with Crippen LogP contribution < -0.4 is 0 Å². The molecule has 0 amide bonds. The normalized spacial score (nSPS) is 10.6. The summed E-state index contributed by atoms with van der Waals surface area (Å²) in [5.41, 5.74) is 1.12. The van der Waals surface area contributed by atoms with E-state index in [-0.39, 0.29) is 24.5 Å². The first-order valence-corrected chi connectivity index (χ1v) is 8.49. The molecule has 1 aromatic heterocycles. The number of esters is 1. The van der Waals surface area contributed by atoms with Gasteiger partial charge in [0.1, 0.15) is 12.4 Å². The van der Waals surface area contributed by atoms with Gasteiger partial charge in [0.2, 0.25) is 11.7 Å². The maximum Gasteiger partial charge on any atom is 0.306 e. The van der Waals surface area contributed by atoms with Crippen molar-refractivity contribution < 1.29 is 23.4 Å². The predicted molar refractivity (Wildman–Crippen MR) is 95.5 cm³/mol. The van der Waals surface area contributed by atoms with E-state index in [0.717, 1.165) is 0 Å². The molecule has 0 saturated carbocycles. The number of hydrogen-bond acceptors (Lipinski definition) is 7. The third kappa shape index (κ3) is 5.19. The van der Waals surface area contributed by atoms with Gasteiger partial charge in [-0.25, -0.2) is 4.39 Å². The van der Waals surface area contributed by atoms with Crippen molar-refractivity contribution in [3.63, 3.8) is 0 Å². The molecule has 0 N–H and O–H groups in total. The molecule has 0 saturated heterocycles. The molecule has 1 heterocycles. The van der Waals surface area contributed by atoms with E-state index in [2.05, 4.69) is 10.1 Å². The minimum Gasteiger partial charge on any atom is -0.461 e. The molecule has 0 atom stereocenters. The Labute approximate surface area is 159 Å². The predicted octanol–water partition coefficient (Wildman–Crippen LogP) is 3.85. The molecule has 0 aliphatic rings. The Kier molecular flexibility index (Phi) is 6.05. The van der Waals surface area contributed by atoms with Gasteiger partial charge in [-0.1, -0.05) is 17.3 Å². The third-order valence-corrected chi connectivity index (χ3v) is 3.86. The maximum atomic E-state index is 12.9. The van der Waals surface area contributed by atoms with E-state index in [1.165, 1.54) is 30.3 Å². The number of nitro groups is 1. The molecule has 3 aromatic rings. The first kappa shape index (κ1) is 19.2. The van der Waals surface area contributed by atoms with Gasteiger partial charge in [0.05, 0.1) is 4.92 Å². The van der Waals surface area contributed by atoms with Gasteiger partial charge in [-0.3, -0.25) is 14.9 Å². The van der Waals surface area contributed by atoms with Gasteiger partial charge in [-0.15, -0.1) is 0 Å². The summed E-state index contributed by atoms with van der Waals surface area (Å²) in [6.45, 7) is -0.0320. The topological polar surface area (TPSA) is 108 Å². The highest BCUT2D eigenvalue weighted by molar-refractivity contribution is 5.69. The van der Waals surface area contributed by atoms with E-state index in [9.17, 15) is 19.3 Å². The lowest BCUT2D eigenvalue weighted by atomic mass is 10.2. The first-order chi connectivity index (χ1) is 13.5. The number of nitrogens with zero attached hydrogens (tertiary/aromatic N) is 3. The summed E-state index contributed by atoms with van der Waals surface area (Å²) in [4.78, 5) is 26.3. The molecule has 0 bridgehead atoms. The van der Waals surface area contributed by atoms with E-state index < -0.39 is 10.9 Å². The third-order valence-electron chi connectivity index (χ3n) is 3.86. The summed E-state index contributed by atoms with van der Waals surface area (Å²) in [6, 6.07) is 11.6. The average molecular weight is 385 g/mol. The highest BCUT2D eigenvalue weighted by Gasteiger charge is 2.11. The summed E-state index contributed by atoms with van der Waals surface area (Å²) in [5.74, 6) is -0.0603. The van der Waals surface area contributed by atoms with Crippen LogP contribution in [0.15, 0.2) is 53.1 Å². The second-order valence-corrected chi connectivity index (χ2v) is 5.96. The Morgan fingerprint density at radius 1 is 1.21 bits per heavy atom. The number of rotatable bonds is 8. The molecular formula is C19H16FN3O5. The monoisotopic (exact) mass is 385 g/mol. The van der Waals surface area contributed by atoms with E-state index in [1.807, 2.05) is 0 Å². The highest BCUT2D eigenvalue weighted by Crippen LogP contribution is 2.17. The van der Waals surface area contributed by atoms with Crippen LogP contribution in [-0.2, 0) is 22.6 Å². The molecule has 0 unspecified atom stereocenters. The largest absolute Gasteiger partial charge is 0.461 e. The maximum absolute atomic E-state index is 12.9. The lowest BCUT2D eigenvalue weighted by Crippen LogP contribution is -2.05. The number of halogens is 1. The number of aromatic nitrogens is 2. The number of non-ortho nitro benzene ring substituents is 1. The summed E-state index contributed by atoms with van der Waals surface area (Å²) in [6.07, 6.45) is 0.974. The second-order valence-electron chi connectivity index (χ2n) is 5.96. The summed E-state index contributed by atoms with van der Waals surface area (Å²) in [7, 11) is 0. The van der Waals surface area contributed by atoms with Gasteiger partial charge in [0, 0.05) is 30.5 Å². The Balaban J connectivity index is 1.44. The van der Waals surface area contributed by atoms with Crippen LogP contribution in [0.2, 0.25) is 0 Å². The lowest BCUT2D eigenvalue weighted by Gasteiger charge is -2.04. The fraction of sp³-hybridized carbons (Fsp3) is 0.211. The highest BCUT2D eigenvalue weighted by atomic mass is 19.1. The molecule has 0 aliphatic carbocycles. The number of carbonyl (C=O) groups is 1. The van der Waals surface area contributed by atoms with Gasteiger partial charge >= 0.3 is 5.97 Å². The van der Waals surface area contributed by atoms with Crippen LogP contribution in [0.25, 0.3) is 11.4 Å². The van der Waals surface area contributed by atoms with Crippen LogP contribution >= 0.6 is 0 Å². The molecule has 8 nitrogen and oxygen atoms in total. The van der Waals surface area contributed by atoms with Gasteiger partial charge < -0.3 is 9.26 Å². The quantitative estimate of drug-likeness (QED) is 0.329. The van der Waals surface area contributed by atoms with Crippen molar-refractivity contribution in [1.29, 1.82) is 0 Å². The van der Waals surface area contributed by atoms with Crippen molar-refractivity contribution in [2.75, 3.05) is 0 Å². The molecule has 0 aliphatic heterocycles. The summed E-state index contributed by atoms with van der Waals surface area (Å²) < 4.78 is 23.2. The molecule has 9 heteroatoms. The Bertz CT molecular complexity index is 972. The van der Waals surface area contributed by atoms with Crippen LogP contribution in [0, 0.1) is 15.9 Å². The average Bonchev–Trinajstić information content (AvgIpc) is 3.16. The van der Waals surface area contributed by atoms with Crippen molar-refractivity contribution in [3.05, 3.63) is 75.9 Å². The summed E-state index contributed by atoms with van der Waals surface area (Å²) >= 11 is 0. The molecule has 0 radical (unpaired) electrons. The smallest absolute Gasteiger partial charge is 0.306 e. The Morgan fingerprint density at radius 2 is 2.00 bits per heavy atom. The van der Waals surface area contributed by atoms with Crippen LogP contribution in [0.3, 0.4) is 0 Å². The van der Waals surface area contributed by atoms with Crippen LogP contribution in [0.5, 0.6) is 0 Å². The molecule has 144 valence electrons. The SMILES string of the molecule is O=C(CCCc1nc(-c2ccc(F)cc2)no1)OCc1cccc([N+](=O)[O-])c1. The van der Waals surface area contributed by atoms with Gasteiger partial charge in [0.15, 0.2) is 0 Å². The first-order valence-electron chi connectivity index (χ1n) is 8.49. The number of carbonyl (C=O) groups excluding carboxylic acids is 1. The fourth-order valence-corrected chi connectivity index (χ4v) is 2.45. The van der Waals surface area contributed by atoms with Crippen LogP contribution in [-0.4, -0.2) is 21.0 Å². The zero-order valence-electron chi connectivity index (χ0n) is 14.7. The molecule has 0 fully saturated rings. The van der Waals surface area contributed by atoms with Gasteiger partial charge in [-0.2, -0.15) is 4.98 Å². The lowest BCUT2D eigenvalue weighted by molar-refractivity contribution is -0.384. The fourth-order valence-electron chi connectivity index (χ4n) is 2.45. The molecule has 28 heavy (non-hydrogen) atoms. The van der Waals surface area contributed by atoms with Crippen LogP contribution in [0.1, 0.15) is 24.3 Å². The van der Waals surface area contributed by atoms with Gasteiger partial charge in [-0.05, 0) is 36.2 Å². The number of benzene rings is 2. The van der Waals surface area contributed by atoms with E-state index in [4.69, 9.17) is 9.26 Å². The van der Waals surface area contributed by atoms with E-state index >= 15 is 0 Å². The zero-order valence-corrected chi connectivity index (χ0v) is 14.7. The minimum absolute atomic E-state index is 0.0320. The number of ether oxygens (including phenoxy) is 1. The van der Waals surface area contributed by atoms with E-state index in [1.54, 1.807) is 18.2 Å². The summed E-state index contributed by atoms with van der Waals surface area (Å²) in [5, 5.41) is 14.6. The minimum atomic E-state index is -0.504. The number of aryl methyl sites for hydroxylation is 1. The molecule has 2 aromatic carbocycles. The zero-order chi connectivity index (χ0) is 19.9. The Hall–Kier alpha value is -3.62. The molecule has 0 spiro atoms. The van der Waals surface area contributed by atoms with E-state index in [0.29, 0.717) is 35.7 Å². The van der Waals surface area contributed by atoms with Crippen molar-refractivity contribution >= 4 is 11.7 Å². The second kappa shape index (κ2) is 8.85. The van der Waals surface area contributed by atoms with Crippen molar-refractivity contribution in [2.24, 2.45) is 0 Å². The number of hydrogen-bond donors (Lipinski definition) is 0. The molecular weight excluding hydrogens is 369 g/mol. The van der Waals surface area contributed by atoms with Crippen molar-refractivity contribution in [2.45, 2.75) is 25.9 Å². The van der Waals surface area contributed by atoms with Crippen molar-refractivity contribution in [1.82, 2.24) is 10.1 Å². The Morgan fingerprint density at radius 3 is 2.75 bits per heavy atom. The molecule has 3 rings (SSSR count). The number of nitro benzene ring substituents is 1. The standard InChI is InChI=1S/C19H16FN3O5/c20-15-9-7-14(8-10-15)19-21-17(28-22-19)5-2-6-18(24)27-12-13-3-1-4-16(11-13)23(25)26/h1,3-4,7-11H,2,5-6,12H2. The van der Waals surface area contributed by atoms with Gasteiger partial charge in [0.25, 0.3) is 5.69 Å².